The Balaban J connectivity index is 2.12. The highest BCUT2D eigenvalue weighted by Crippen LogP contribution is 2.15. The van der Waals surface area contributed by atoms with Crippen LogP contribution < -0.4 is 5.32 Å². The highest BCUT2D eigenvalue weighted by atomic mass is 16.3. The highest BCUT2D eigenvalue weighted by Gasteiger charge is 2.18. The molecule has 0 aromatic rings. The molecule has 1 atom stereocenters. The molecule has 1 heterocycles. The quantitative estimate of drug-likeness (QED) is 0.730. The number of aliphatic hydroxyl groups excluding tert-OH is 1. The number of rotatable bonds is 6. The lowest BCUT2D eigenvalue weighted by Gasteiger charge is -2.31. The topological polar surface area (TPSA) is 52.6 Å². The van der Waals surface area contributed by atoms with E-state index >= 15 is 0 Å². The average molecular weight is 242 g/mol. The number of nitrogens with one attached hydrogen (secondary N) is 1. The van der Waals surface area contributed by atoms with Crippen molar-refractivity contribution in [2.45, 2.75) is 45.6 Å². The van der Waals surface area contributed by atoms with Gasteiger partial charge >= 0.3 is 0 Å². The molecule has 1 unspecified atom stereocenters. The van der Waals surface area contributed by atoms with Crippen molar-refractivity contribution < 1.29 is 9.90 Å². The van der Waals surface area contributed by atoms with Crippen molar-refractivity contribution in [2.24, 2.45) is 5.92 Å². The summed E-state index contributed by atoms with van der Waals surface area (Å²) in [7, 11) is 0. The van der Waals surface area contributed by atoms with Crippen molar-refractivity contribution in [3.63, 3.8) is 0 Å². The molecule has 0 saturated carbocycles. The molecule has 0 spiro atoms. The normalized spacial score (nSPS) is 20.2. The van der Waals surface area contributed by atoms with Gasteiger partial charge in [-0.2, -0.15) is 0 Å². The molecule has 4 heteroatoms. The molecule has 1 amide bonds. The van der Waals surface area contributed by atoms with Gasteiger partial charge in [0.2, 0.25) is 5.91 Å². The van der Waals surface area contributed by atoms with Crippen molar-refractivity contribution in [2.75, 3.05) is 26.2 Å². The Bertz CT molecular complexity index is 225. The number of amides is 1. The van der Waals surface area contributed by atoms with Gasteiger partial charge in [0, 0.05) is 19.5 Å². The van der Waals surface area contributed by atoms with Crippen LogP contribution in [0.15, 0.2) is 0 Å². The molecule has 1 rings (SSSR count). The summed E-state index contributed by atoms with van der Waals surface area (Å²) < 4.78 is 0. The molecule has 1 aliphatic heterocycles. The Labute approximate surface area is 104 Å². The summed E-state index contributed by atoms with van der Waals surface area (Å²) in [6.07, 6.45) is 3.40. The van der Waals surface area contributed by atoms with E-state index in [9.17, 15) is 9.90 Å². The van der Waals surface area contributed by atoms with Crippen molar-refractivity contribution >= 4 is 5.91 Å². The van der Waals surface area contributed by atoms with E-state index in [1.54, 1.807) is 0 Å². The van der Waals surface area contributed by atoms with E-state index in [-0.39, 0.29) is 5.91 Å². The molecule has 2 N–H and O–H groups in total. The number of hydrogen-bond donors (Lipinski definition) is 2. The third-order valence-electron chi connectivity index (χ3n) is 3.36. The zero-order valence-corrected chi connectivity index (χ0v) is 11.1. The van der Waals surface area contributed by atoms with Crippen LogP contribution in [-0.4, -0.2) is 48.2 Å². The maximum atomic E-state index is 11.2. The minimum Gasteiger partial charge on any atom is -0.390 e. The third-order valence-corrected chi connectivity index (χ3v) is 3.36. The largest absolute Gasteiger partial charge is 0.390 e. The van der Waals surface area contributed by atoms with Crippen LogP contribution in [0, 0.1) is 5.92 Å². The summed E-state index contributed by atoms with van der Waals surface area (Å²) in [5.74, 6) is 0.853. The van der Waals surface area contributed by atoms with Gasteiger partial charge in [-0.05, 0) is 38.3 Å². The van der Waals surface area contributed by atoms with E-state index in [0.29, 0.717) is 19.5 Å². The molecule has 0 bridgehead atoms. The monoisotopic (exact) mass is 242 g/mol. The van der Waals surface area contributed by atoms with Gasteiger partial charge in [0.15, 0.2) is 0 Å². The molecular weight excluding hydrogens is 216 g/mol. The van der Waals surface area contributed by atoms with Crippen LogP contribution in [0.1, 0.15) is 39.5 Å². The van der Waals surface area contributed by atoms with Gasteiger partial charge < -0.3 is 15.3 Å². The van der Waals surface area contributed by atoms with Gasteiger partial charge in [-0.25, -0.2) is 0 Å². The van der Waals surface area contributed by atoms with Crippen molar-refractivity contribution in [1.82, 2.24) is 10.2 Å². The Morgan fingerprint density at radius 3 is 2.71 bits per heavy atom. The van der Waals surface area contributed by atoms with Crippen LogP contribution in [-0.2, 0) is 4.79 Å². The second kappa shape index (κ2) is 7.67. The van der Waals surface area contributed by atoms with Crippen molar-refractivity contribution in [3.05, 3.63) is 0 Å². The predicted molar refractivity (Wildman–Crippen MR) is 68.8 cm³/mol. The van der Waals surface area contributed by atoms with E-state index in [4.69, 9.17) is 0 Å². The van der Waals surface area contributed by atoms with Crippen LogP contribution in [0.2, 0.25) is 0 Å². The number of carbonyl (C=O) groups is 1. The fraction of sp³-hybridized carbons (Fsp3) is 0.923. The Morgan fingerprint density at radius 1 is 1.47 bits per heavy atom. The zero-order valence-electron chi connectivity index (χ0n) is 11.1. The summed E-state index contributed by atoms with van der Waals surface area (Å²) in [4.78, 5) is 13.5. The molecule has 4 nitrogen and oxygen atoms in total. The fourth-order valence-electron chi connectivity index (χ4n) is 2.15. The molecule has 17 heavy (non-hydrogen) atoms. The summed E-state index contributed by atoms with van der Waals surface area (Å²) in [6, 6.07) is 0. The number of hydrogen-bond acceptors (Lipinski definition) is 3. The van der Waals surface area contributed by atoms with Crippen LogP contribution in [0.3, 0.4) is 0 Å². The standard InChI is InChI=1S/C13H26N2O2/c1-3-4-13(17)14-9-12(16)10-15-7-5-11(2)6-8-15/h11-12,16H,3-10H2,1-2H3,(H,14,17). The van der Waals surface area contributed by atoms with E-state index in [2.05, 4.69) is 17.1 Å². The minimum absolute atomic E-state index is 0.0406. The van der Waals surface area contributed by atoms with E-state index in [1.165, 1.54) is 12.8 Å². The summed E-state index contributed by atoms with van der Waals surface area (Å²) in [5.41, 5.74) is 0. The highest BCUT2D eigenvalue weighted by molar-refractivity contribution is 5.75. The lowest BCUT2D eigenvalue weighted by molar-refractivity contribution is -0.121. The summed E-state index contributed by atoms with van der Waals surface area (Å²) >= 11 is 0. The van der Waals surface area contributed by atoms with Gasteiger partial charge in [0.05, 0.1) is 6.10 Å². The Kier molecular flexibility index (Phi) is 6.52. The lowest BCUT2D eigenvalue weighted by atomic mass is 9.99. The minimum atomic E-state index is -0.441. The van der Waals surface area contributed by atoms with Gasteiger partial charge in [-0.1, -0.05) is 13.8 Å². The first kappa shape index (κ1) is 14.5. The second-order valence-electron chi connectivity index (χ2n) is 5.19. The van der Waals surface area contributed by atoms with E-state index in [1.807, 2.05) is 6.92 Å². The maximum absolute atomic E-state index is 11.2. The second-order valence-corrected chi connectivity index (χ2v) is 5.19. The number of carbonyl (C=O) groups excluding carboxylic acids is 1. The van der Waals surface area contributed by atoms with Gasteiger partial charge in [-0.15, -0.1) is 0 Å². The maximum Gasteiger partial charge on any atom is 0.220 e. The Morgan fingerprint density at radius 2 is 2.12 bits per heavy atom. The third kappa shape index (κ3) is 6.03. The van der Waals surface area contributed by atoms with Gasteiger partial charge in [-0.3, -0.25) is 4.79 Å². The first-order valence-electron chi connectivity index (χ1n) is 6.79. The SMILES string of the molecule is CCCC(=O)NCC(O)CN1CCC(C)CC1. The molecule has 0 aromatic heterocycles. The molecule has 0 aromatic carbocycles. The smallest absolute Gasteiger partial charge is 0.220 e. The van der Waals surface area contributed by atoms with Crippen molar-refractivity contribution in [1.29, 1.82) is 0 Å². The average Bonchev–Trinajstić information content (AvgIpc) is 2.30. The van der Waals surface area contributed by atoms with E-state index < -0.39 is 6.10 Å². The first-order chi connectivity index (χ1) is 8.11. The van der Waals surface area contributed by atoms with Crippen LogP contribution in [0.4, 0.5) is 0 Å². The van der Waals surface area contributed by atoms with Crippen LogP contribution >= 0.6 is 0 Å². The van der Waals surface area contributed by atoms with Gasteiger partial charge in [0.25, 0.3) is 0 Å². The number of β-amino-alcohol motifs (C(OH)–C–C–N with tert-alkyl or cyclic N) is 1. The lowest BCUT2D eigenvalue weighted by Crippen LogP contribution is -2.42. The molecule has 1 fully saturated rings. The fourth-order valence-corrected chi connectivity index (χ4v) is 2.15. The van der Waals surface area contributed by atoms with Crippen LogP contribution in [0.25, 0.3) is 0 Å². The predicted octanol–water partition coefficient (Wildman–Crippen LogP) is 0.995. The molecule has 0 radical (unpaired) electrons. The first-order valence-corrected chi connectivity index (χ1v) is 6.79. The Hall–Kier alpha value is -0.610. The van der Waals surface area contributed by atoms with Crippen LogP contribution in [0.5, 0.6) is 0 Å². The number of aliphatic hydroxyl groups is 1. The number of piperidine rings is 1. The molecular formula is C13H26N2O2. The molecule has 1 aliphatic rings. The molecule has 1 saturated heterocycles. The zero-order chi connectivity index (χ0) is 12.7. The molecule has 0 aliphatic carbocycles. The number of nitrogens with zero attached hydrogens (tertiary/aromatic N) is 1. The number of likely N-dealkylation sites (tertiary alicyclic amines) is 1. The van der Waals surface area contributed by atoms with Crippen molar-refractivity contribution in [3.8, 4) is 0 Å². The van der Waals surface area contributed by atoms with E-state index in [0.717, 1.165) is 25.4 Å². The van der Waals surface area contributed by atoms with Gasteiger partial charge in [0.1, 0.15) is 0 Å². The molecule has 100 valence electrons. The summed E-state index contributed by atoms with van der Waals surface area (Å²) in [5, 5.41) is 12.6. The summed E-state index contributed by atoms with van der Waals surface area (Å²) in [6.45, 7) is 7.45.